The van der Waals surface area contributed by atoms with E-state index in [1.54, 1.807) is 16.9 Å². The molecule has 0 aliphatic heterocycles. The van der Waals surface area contributed by atoms with Crippen LogP contribution in [-0.4, -0.2) is 20.7 Å². The molecule has 1 amide bonds. The number of rotatable bonds is 4. The minimum absolute atomic E-state index is 0.204. The van der Waals surface area contributed by atoms with E-state index >= 15 is 0 Å². The largest absolute Gasteiger partial charge is 0.300 e. The Morgan fingerprint density at radius 3 is 2.72 bits per heavy atom. The number of carbonyl (C=O) groups is 1. The fourth-order valence-electron chi connectivity index (χ4n) is 2.68. The molecule has 5 nitrogen and oxygen atoms in total. The zero-order valence-corrected chi connectivity index (χ0v) is 14.5. The molecule has 124 valence electrons. The van der Waals surface area contributed by atoms with Gasteiger partial charge < -0.3 is 0 Å². The molecule has 0 fully saturated rings. The van der Waals surface area contributed by atoms with Gasteiger partial charge in [-0.3, -0.25) is 14.8 Å². The van der Waals surface area contributed by atoms with Gasteiger partial charge in [0.05, 0.1) is 5.02 Å². The Balaban J connectivity index is 1.79. The van der Waals surface area contributed by atoms with Crippen molar-refractivity contribution in [2.75, 3.05) is 5.32 Å². The van der Waals surface area contributed by atoms with Crippen molar-refractivity contribution in [1.29, 1.82) is 0 Å². The Hall–Kier alpha value is -2.70. The number of anilines is 1. The molecule has 0 bridgehead atoms. The predicted molar refractivity (Wildman–Crippen MR) is 100 cm³/mol. The van der Waals surface area contributed by atoms with Gasteiger partial charge in [0.2, 0.25) is 0 Å². The number of halogens is 1. The van der Waals surface area contributed by atoms with E-state index in [0.29, 0.717) is 15.7 Å². The molecule has 4 aromatic rings. The smallest absolute Gasteiger partial charge is 0.255 e. The molecule has 0 radical (unpaired) electrons. The summed E-state index contributed by atoms with van der Waals surface area (Å²) in [6, 6.07) is 14.5. The van der Waals surface area contributed by atoms with Crippen molar-refractivity contribution >= 4 is 44.9 Å². The standard InChI is InChI=1S/C18H13ClN4OS/c19-14-8-4-7-13-11-23(22-15(13)14)16(12-5-2-1-3-6-12)17(24)21-18-20-9-10-25-18/h1-11,16H,(H,20,21,24). The van der Waals surface area contributed by atoms with E-state index in [0.717, 1.165) is 10.9 Å². The van der Waals surface area contributed by atoms with E-state index in [1.165, 1.54) is 11.3 Å². The number of thiazole rings is 1. The van der Waals surface area contributed by atoms with Gasteiger partial charge in [-0.25, -0.2) is 4.98 Å². The summed E-state index contributed by atoms with van der Waals surface area (Å²) in [7, 11) is 0. The lowest BCUT2D eigenvalue weighted by Gasteiger charge is -2.17. The van der Waals surface area contributed by atoms with Gasteiger partial charge in [-0.1, -0.05) is 54.1 Å². The second-order valence-corrected chi connectivity index (χ2v) is 6.73. The molecule has 0 aliphatic rings. The van der Waals surface area contributed by atoms with Crippen LogP contribution >= 0.6 is 22.9 Å². The summed E-state index contributed by atoms with van der Waals surface area (Å²) < 4.78 is 1.65. The molecular formula is C18H13ClN4OS. The minimum atomic E-state index is -0.617. The van der Waals surface area contributed by atoms with E-state index in [2.05, 4.69) is 15.4 Å². The number of fused-ring (bicyclic) bond motifs is 1. The maximum atomic E-state index is 12.9. The van der Waals surface area contributed by atoms with Crippen LogP contribution in [0.3, 0.4) is 0 Å². The van der Waals surface area contributed by atoms with Crippen molar-refractivity contribution in [3.8, 4) is 0 Å². The predicted octanol–water partition coefficient (Wildman–Crippen LogP) is 4.37. The lowest BCUT2D eigenvalue weighted by molar-refractivity contribution is -0.118. The normalized spacial score (nSPS) is 12.2. The quantitative estimate of drug-likeness (QED) is 0.581. The molecule has 0 saturated heterocycles. The van der Waals surface area contributed by atoms with Gasteiger partial charge in [0.1, 0.15) is 5.52 Å². The fraction of sp³-hybridized carbons (Fsp3) is 0.0556. The molecule has 2 heterocycles. The highest BCUT2D eigenvalue weighted by atomic mass is 35.5. The Bertz CT molecular complexity index is 1010. The van der Waals surface area contributed by atoms with Crippen LogP contribution in [0.1, 0.15) is 11.6 Å². The average molecular weight is 369 g/mol. The molecule has 1 unspecified atom stereocenters. The first-order chi connectivity index (χ1) is 12.2. The summed E-state index contributed by atoms with van der Waals surface area (Å²) in [4.78, 5) is 17.1. The van der Waals surface area contributed by atoms with Crippen molar-refractivity contribution in [2.24, 2.45) is 0 Å². The Kier molecular flexibility index (Phi) is 4.21. The molecular weight excluding hydrogens is 356 g/mol. The number of carbonyl (C=O) groups excluding carboxylic acids is 1. The molecule has 1 atom stereocenters. The van der Waals surface area contributed by atoms with Crippen molar-refractivity contribution < 1.29 is 4.79 Å². The Morgan fingerprint density at radius 1 is 1.16 bits per heavy atom. The van der Waals surface area contributed by atoms with E-state index in [4.69, 9.17) is 11.6 Å². The number of nitrogens with one attached hydrogen (secondary N) is 1. The zero-order chi connectivity index (χ0) is 17.2. The second-order valence-electron chi connectivity index (χ2n) is 5.43. The van der Waals surface area contributed by atoms with Crippen LogP contribution < -0.4 is 5.32 Å². The first kappa shape index (κ1) is 15.8. The lowest BCUT2D eigenvalue weighted by atomic mass is 10.1. The molecule has 0 saturated carbocycles. The highest BCUT2D eigenvalue weighted by Gasteiger charge is 2.25. The number of aromatic nitrogens is 3. The van der Waals surface area contributed by atoms with Gasteiger partial charge in [-0.2, -0.15) is 5.10 Å². The molecule has 25 heavy (non-hydrogen) atoms. The maximum Gasteiger partial charge on any atom is 0.255 e. The molecule has 2 aromatic heterocycles. The molecule has 0 spiro atoms. The number of hydrogen-bond donors (Lipinski definition) is 1. The molecule has 4 rings (SSSR count). The van der Waals surface area contributed by atoms with Gasteiger partial charge in [-0.05, 0) is 11.6 Å². The first-order valence-corrected chi connectivity index (χ1v) is 8.87. The summed E-state index contributed by atoms with van der Waals surface area (Å²) in [5.41, 5.74) is 1.51. The third kappa shape index (κ3) is 3.14. The van der Waals surface area contributed by atoms with Gasteiger partial charge in [0.25, 0.3) is 5.91 Å². The molecule has 2 aromatic carbocycles. The number of benzene rings is 2. The number of hydrogen-bond acceptors (Lipinski definition) is 4. The monoisotopic (exact) mass is 368 g/mol. The summed E-state index contributed by atoms with van der Waals surface area (Å²) in [6.07, 6.45) is 3.49. The first-order valence-electron chi connectivity index (χ1n) is 7.61. The van der Waals surface area contributed by atoms with E-state index in [9.17, 15) is 4.79 Å². The topological polar surface area (TPSA) is 59.8 Å². The minimum Gasteiger partial charge on any atom is -0.300 e. The third-order valence-electron chi connectivity index (χ3n) is 3.80. The number of amides is 1. The van der Waals surface area contributed by atoms with Crippen LogP contribution in [0.25, 0.3) is 10.9 Å². The maximum absolute atomic E-state index is 12.9. The Morgan fingerprint density at radius 2 is 2.00 bits per heavy atom. The summed E-state index contributed by atoms with van der Waals surface area (Å²) >= 11 is 7.60. The van der Waals surface area contributed by atoms with Crippen LogP contribution in [0.2, 0.25) is 5.02 Å². The van der Waals surface area contributed by atoms with Crippen LogP contribution in [0.4, 0.5) is 5.13 Å². The Labute approximate surface area is 152 Å². The van der Waals surface area contributed by atoms with E-state index in [-0.39, 0.29) is 5.91 Å². The molecule has 1 N–H and O–H groups in total. The fourth-order valence-corrected chi connectivity index (χ4v) is 3.43. The third-order valence-corrected chi connectivity index (χ3v) is 4.79. The second kappa shape index (κ2) is 6.66. The van der Waals surface area contributed by atoms with Crippen molar-refractivity contribution in [1.82, 2.24) is 14.8 Å². The summed E-state index contributed by atoms with van der Waals surface area (Å²) in [5, 5.41) is 11.2. The van der Waals surface area contributed by atoms with E-state index in [1.807, 2.05) is 54.0 Å². The zero-order valence-electron chi connectivity index (χ0n) is 13.0. The average Bonchev–Trinajstić information content (AvgIpc) is 3.26. The summed E-state index contributed by atoms with van der Waals surface area (Å²) in [6.45, 7) is 0. The van der Waals surface area contributed by atoms with Crippen molar-refractivity contribution in [3.05, 3.63) is 76.9 Å². The van der Waals surface area contributed by atoms with Gasteiger partial charge in [-0.15, -0.1) is 11.3 Å². The molecule has 7 heteroatoms. The lowest BCUT2D eigenvalue weighted by Crippen LogP contribution is -2.27. The van der Waals surface area contributed by atoms with E-state index < -0.39 is 6.04 Å². The summed E-state index contributed by atoms with van der Waals surface area (Å²) in [5.74, 6) is -0.204. The number of nitrogens with zero attached hydrogens (tertiary/aromatic N) is 3. The van der Waals surface area contributed by atoms with Gasteiger partial charge in [0.15, 0.2) is 11.2 Å². The van der Waals surface area contributed by atoms with Crippen LogP contribution in [0.5, 0.6) is 0 Å². The van der Waals surface area contributed by atoms with Gasteiger partial charge in [0, 0.05) is 23.2 Å². The van der Waals surface area contributed by atoms with Crippen molar-refractivity contribution in [3.63, 3.8) is 0 Å². The highest BCUT2D eigenvalue weighted by Crippen LogP contribution is 2.26. The van der Waals surface area contributed by atoms with Crippen LogP contribution in [0.15, 0.2) is 66.3 Å². The van der Waals surface area contributed by atoms with Crippen molar-refractivity contribution in [2.45, 2.75) is 6.04 Å². The molecule has 0 aliphatic carbocycles. The van der Waals surface area contributed by atoms with Crippen LogP contribution in [0, 0.1) is 0 Å². The SMILES string of the molecule is O=C(Nc1nccs1)C(c1ccccc1)n1cc2cccc(Cl)c2n1. The highest BCUT2D eigenvalue weighted by molar-refractivity contribution is 7.13. The van der Waals surface area contributed by atoms with Gasteiger partial charge >= 0.3 is 0 Å². The van der Waals surface area contributed by atoms with Crippen LogP contribution in [-0.2, 0) is 4.79 Å².